The maximum absolute atomic E-state index is 12.7. The fraction of sp³-hybridized carbons (Fsp3) is 0.250. The molecule has 3 fully saturated rings. The van der Waals surface area contributed by atoms with Crippen LogP contribution in [0, 0.1) is 0 Å². The Kier molecular flexibility index (Phi) is 12.9. The molecule has 3 aliphatic rings. The molecule has 12 rings (SSSR count). The van der Waals surface area contributed by atoms with Gasteiger partial charge in [-0.25, -0.2) is 28.5 Å². The van der Waals surface area contributed by atoms with Crippen molar-refractivity contribution in [2.75, 3.05) is 76.7 Å². The minimum Gasteiger partial charge on any atom is -0.382 e. The first-order valence-electron chi connectivity index (χ1n) is 22.9. The lowest BCUT2D eigenvalue weighted by Crippen LogP contribution is -2.47. The Morgan fingerprint density at radius 3 is 1.32 bits per heavy atom. The average molecular weight is 956 g/mol. The van der Waals surface area contributed by atoms with Gasteiger partial charge >= 0.3 is 0 Å². The minimum atomic E-state index is -0.134. The number of piperazine rings is 1. The summed E-state index contributed by atoms with van der Waals surface area (Å²) in [5.74, 6) is 0.765. The summed E-state index contributed by atoms with van der Waals surface area (Å²) in [5.41, 5.74) is 25.4. The van der Waals surface area contributed by atoms with Crippen LogP contribution in [0.4, 0.5) is 17.5 Å². The molecule has 1 aliphatic carbocycles. The lowest BCUT2D eigenvalue weighted by Gasteiger charge is -2.32. The topological polar surface area (TPSA) is 289 Å². The number of anilines is 3. The maximum Gasteiger partial charge on any atom is 0.257 e. The number of nitrogens with zero attached hydrogens (tertiary/aromatic N) is 15. The molecule has 0 atom stereocenters. The van der Waals surface area contributed by atoms with E-state index in [9.17, 15) is 14.4 Å². The molecule has 2 saturated heterocycles. The Hall–Kier alpha value is -8.96. The third-order valence-corrected chi connectivity index (χ3v) is 12.0. The van der Waals surface area contributed by atoms with Gasteiger partial charge in [0.2, 0.25) is 0 Å². The highest BCUT2D eigenvalue weighted by Crippen LogP contribution is 2.30. The van der Waals surface area contributed by atoms with Crippen LogP contribution in [0.2, 0.25) is 0 Å². The van der Waals surface area contributed by atoms with Gasteiger partial charge in [-0.2, -0.15) is 0 Å². The predicted octanol–water partition coefficient (Wildman–Crippen LogP) is 2.87. The predicted molar refractivity (Wildman–Crippen MR) is 263 cm³/mol. The molecular formula is C48H49N19O4. The summed E-state index contributed by atoms with van der Waals surface area (Å²) < 4.78 is 9.90. The Morgan fingerprint density at radius 1 is 0.535 bits per heavy atom. The normalized spacial score (nSPS) is 14.9. The van der Waals surface area contributed by atoms with E-state index in [0.29, 0.717) is 130 Å². The number of fused-ring (bicyclic) bond motifs is 3. The number of nitrogens with two attached hydrogens (primary N) is 3. The van der Waals surface area contributed by atoms with Crippen molar-refractivity contribution in [3.8, 4) is 33.8 Å². The second kappa shape index (κ2) is 19.9. The highest BCUT2D eigenvalue weighted by atomic mass is 16.5. The molecule has 9 aromatic heterocycles. The first kappa shape index (κ1) is 45.8. The number of aromatic nitrogens is 12. The lowest BCUT2D eigenvalue weighted by atomic mass is 10.2. The lowest BCUT2D eigenvalue weighted by molar-refractivity contribution is 0.0302. The van der Waals surface area contributed by atoms with Crippen LogP contribution in [-0.4, -0.2) is 157 Å². The van der Waals surface area contributed by atoms with E-state index >= 15 is 0 Å². The largest absolute Gasteiger partial charge is 0.382 e. The van der Waals surface area contributed by atoms with Crippen LogP contribution in [-0.2, 0) is 4.74 Å². The molecule has 11 heterocycles. The highest BCUT2D eigenvalue weighted by molar-refractivity contribution is 5.96. The number of morpholine rings is 1. The first-order valence-corrected chi connectivity index (χ1v) is 22.9. The van der Waals surface area contributed by atoms with E-state index in [0.717, 1.165) is 25.9 Å². The van der Waals surface area contributed by atoms with Crippen molar-refractivity contribution in [3.63, 3.8) is 0 Å². The smallest absolute Gasteiger partial charge is 0.257 e. The van der Waals surface area contributed by atoms with E-state index in [2.05, 4.69) is 62.5 Å². The second-order valence-electron chi connectivity index (χ2n) is 17.0. The van der Waals surface area contributed by atoms with Gasteiger partial charge in [-0.3, -0.25) is 29.3 Å². The van der Waals surface area contributed by atoms with Gasteiger partial charge in [0.25, 0.3) is 17.7 Å². The zero-order valence-electron chi connectivity index (χ0n) is 38.6. The number of likely N-dealkylation sites (N-methyl/N-ethyl adjacent to an activating group) is 1. The van der Waals surface area contributed by atoms with Crippen LogP contribution in [0.3, 0.4) is 0 Å². The van der Waals surface area contributed by atoms with Gasteiger partial charge in [-0.1, -0.05) is 18.2 Å². The van der Waals surface area contributed by atoms with Gasteiger partial charge in [-0.15, -0.1) is 15.3 Å². The zero-order valence-corrected chi connectivity index (χ0v) is 38.6. The number of hydrogen-bond acceptors (Lipinski definition) is 17. The van der Waals surface area contributed by atoms with Gasteiger partial charge in [0.05, 0.1) is 63.7 Å². The molecule has 3 amide bonds. The molecule has 360 valence electrons. The summed E-state index contributed by atoms with van der Waals surface area (Å²) in [6, 6.07) is 17.0. The van der Waals surface area contributed by atoms with E-state index in [1.54, 1.807) is 65.2 Å². The summed E-state index contributed by atoms with van der Waals surface area (Å²) in [5, 5.41) is 15.7. The van der Waals surface area contributed by atoms with Gasteiger partial charge in [0, 0.05) is 101 Å². The fourth-order valence-corrected chi connectivity index (χ4v) is 8.10. The van der Waals surface area contributed by atoms with Crippen LogP contribution in [0.15, 0.2) is 110 Å². The Bertz CT molecular complexity index is 3360. The fourth-order valence-electron chi connectivity index (χ4n) is 8.10. The van der Waals surface area contributed by atoms with Gasteiger partial charge < -0.3 is 42.0 Å². The van der Waals surface area contributed by atoms with Crippen LogP contribution in [0.1, 0.15) is 43.9 Å². The number of nitrogen functional groups attached to an aromatic ring is 3. The molecule has 71 heavy (non-hydrogen) atoms. The summed E-state index contributed by atoms with van der Waals surface area (Å²) in [7, 11) is 2.06. The number of hydrogen-bond donors (Lipinski definition) is 4. The molecule has 0 bridgehead atoms. The van der Waals surface area contributed by atoms with E-state index in [-0.39, 0.29) is 17.7 Å². The summed E-state index contributed by atoms with van der Waals surface area (Å²) in [6.07, 6.45) is 16.8. The van der Waals surface area contributed by atoms with Crippen LogP contribution in [0.5, 0.6) is 0 Å². The van der Waals surface area contributed by atoms with Crippen LogP contribution in [0.25, 0.3) is 50.7 Å². The molecule has 0 unspecified atom stereocenters. The molecule has 2 aliphatic heterocycles. The Balaban J connectivity index is 0.000000123. The van der Waals surface area contributed by atoms with Crippen molar-refractivity contribution >= 4 is 52.1 Å². The van der Waals surface area contributed by atoms with Gasteiger partial charge in [0.1, 0.15) is 0 Å². The van der Waals surface area contributed by atoms with Crippen molar-refractivity contribution < 1.29 is 19.1 Å². The van der Waals surface area contributed by atoms with E-state index in [4.69, 9.17) is 21.9 Å². The quantitative estimate of drug-likeness (QED) is 0.179. The zero-order chi connectivity index (χ0) is 49.0. The molecule has 1 saturated carbocycles. The van der Waals surface area contributed by atoms with Crippen LogP contribution < -0.4 is 22.5 Å². The van der Waals surface area contributed by atoms with E-state index < -0.39 is 0 Å². The van der Waals surface area contributed by atoms with E-state index in [1.807, 2.05) is 59.5 Å². The van der Waals surface area contributed by atoms with E-state index in [1.165, 1.54) is 9.03 Å². The number of carbonyl (C=O) groups is 3. The molecule has 0 aromatic carbocycles. The monoisotopic (exact) mass is 955 g/mol. The van der Waals surface area contributed by atoms with Crippen molar-refractivity contribution in [1.82, 2.24) is 78.8 Å². The van der Waals surface area contributed by atoms with Gasteiger partial charge in [-0.05, 0) is 56.3 Å². The summed E-state index contributed by atoms with van der Waals surface area (Å²) in [4.78, 5) is 69.2. The number of pyridine rings is 3. The Labute approximate surface area is 405 Å². The van der Waals surface area contributed by atoms with Crippen LogP contribution >= 0.6 is 0 Å². The average Bonchev–Trinajstić information content (AvgIpc) is 3.94. The Morgan fingerprint density at radius 2 is 0.930 bits per heavy atom. The maximum atomic E-state index is 12.7. The molecule has 0 radical (unpaired) electrons. The molecule has 23 nitrogen and oxygen atoms in total. The van der Waals surface area contributed by atoms with Crippen molar-refractivity contribution in [1.29, 1.82) is 0 Å². The number of rotatable bonds is 7. The number of nitrogens with one attached hydrogen (secondary N) is 1. The summed E-state index contributed by atoms with van der Waals surface area (Å²) in [6.45, 7) is 5.45. The van der Waals surface area contributed by atoms with Crippen molar-refractivity contribution in [2.45, 2.75) is 18.9 Å². The molecular weight excluding hydrogens is 907 g/mol. The second-order valence-corrected chi connectivity index (χ2v) is 17.0. The molecule has 9 aromatic rings. The highest BCUT2D eigenvalue weighted by Gasteiger charge is 2.26. The molecule has 23 heteroatoms. The number of carbonyl (C=O) groups excluding carboxylic acids is 3. The molecule has 0 spiro atoms. The minimum absolute atomic E-state index is 0.0315. The number of ether oxygens (including phenoxy) is 1. The van der Waals surface area contributed by atoms with Crippen molar-refractivity contribution in [3.05, 3.63) is 127 Å². The third kappa shape index (κ3) is 9.84. The number of amides is 3. The summed E-state index contributed by atoms with van der Waals surface area (Å²) >= 11 is 0. The SMILES string of the molecule is CN1CCN(C(=O)c2cnc3c(-c4ccccn4)c(N)nn3c2)CC1.Nc1nn2cc(C(=O)N3CCOCC3)cnc2c1-c1ccccn1.Nc1nn2cc(C(=O)NC3CC3)cnc2c1-c1ccccn1. The first-order chi connectivity index (χ1) is 34.6. The standard InChI is InChI=1S/C17H19N7O.C16H16N6O2.C15H14N6O/c1-22-6-8-23(9-7-22)17(25)12-10-20-16-14(13-4-2-3-5-19-13)15(18)21-24(16)11-12;17-14-13(12-3-1-2-4-18-12)15-19-9-11(10-22(15)20-14)16(23)21-5-7-24-8-6-21;16-13-12(11-3-1-2-6-17-11)14-18-7-9(8-21(14)20-13)15(22)19-10-4-5-10/h2-5,10-11H,6-9H2,1H3,(H2,18,21);1-4,9-10H,5-8H2,(H2,17,20);1-3,6-8,10H,4-5H2,(H2,16,20)(H,19,22). The van der Waals surface area contributed by atoms with Crippen molar-refractivity contribution in [2.24, 2.45) is 0 Å². The molecule has 7 N–H and O–H groups in total. The van der Waals surface area contributed by atoms with Gasteiger partial charge in [0.15, 0.2) is 34.4 Å². The third-order valence-electron chi connectivity index (χ3n) is 12.0.